The fraction of sp³-hybridized carbons (Fsp3) is 0.235. The average molecular weight is 300 g/mol. The molecule has 0 aliphatic carbocycles. The Hall–Kier alpha value is -1.78. The normalized spacial score (nSPS) is 12.7. The van der Waals surface area contributed by atoms with Crippen molar-refractivity contribution in [3.63, 3.8) is 0 Å². The van der Waals surface area contributed by atoms with Gasteiger partial charge in [-0.3, -0.25) is 4.98 Å². The predicted octanol–water partition coefficient (Wildman–Crippen LogP) is 4.25. The quantitative estimate of drug-likeness (QED) is 0.779. The lowest BCUT2D eigenvalue weighted by Crippen LogP contribution is -2.19. The molecular formula is C17H17FN2S. The lowest BCUT2D eigenvalue weighted by molar-refractivity contribution is 0.581. The van der Waals surface area contributed by atoms with E-state index in [1.165, 1.54) is 10.8 Å². The zero-order valence-corrected chi connectivity index (χ0v) is 12.9. The third-order valence-electron chi connectivity index (χ3n) is 3.81. The van der Waals surface area contributed by atoms with Crippen molar-refractivity contribution in [2.75, 3.05) is 7.05 Å². The summed E-state index contributed by atoms with van der Waals surface area (Å²) in [6.45, 7) is 2.02. The number of hydrogen-bond acceptors (Lipinski definition) is 3. The number of benzene rings is 1. The number of pyridine rings is 1. The van der Waals surface area contributed by atoms with E-state index in [0.29, 0.717) is 0 Å². The molecule has 2 aromatic heterocycles. The third-order valence-corrected chi connectivity index (χ3v) is 4.66. The SMILES string of the molecule is CNC(Cc1cc(F)ccc1C)c1cnc2ccsc2c1. The van der Waals surface area contributed by atoms with Crippen molar-refractivity contribution in [3.05, 3.63) is 64.4 Å². The van der Waals surface area contributed by atoms with Crippen LogP contribution in [0.3, 0.4) is 0 Å². The van der Waals surface area contributed by atoms with Gasteiger partial charge in [-0.25, -0.2) is 4.39 Å². The van der Waals surface area contributed by atoms with Gasteiger partial charge in [0, 0.05) is 12.2 Å². The summed E-state index contributed by atoms with van der Waals surface area (Å²) in [6, 6.07) is 9.28. The summed E-state index contributed by atoms with van der Waals surface area (Å²) in [5.74, 6) is -0.183. The van der Waals surface area contributed by atoms with Gasteiger partial charge in [0.15, 0.2) is 0 Å². The summed E-state index contributed by atoms with van der Waals surface area (Å²) < 4.78 is 14.6. The van der Waals surface area contributed by atoms with Crippen LogP contribution in [0.4, 0.5) is 4.39 Å². The van der Waals surface area contributed by atoms with E-state index in [9.17, 15) is 4.39 Å². The van der Waals surface area contributed by atoms with Gasteiger partial charge in [0.05, 0.1) is 10.2 Å². The van der Waals surface area contributed by atoms with Crippen LogP contribution in [-0.4, -0.2) is 12.0 Å². The lowest BCUT2D eigenvalue weighted by Gasteiger charge is -2.18. The molecule has 0 radical (unpaired) electrons. The third kappa shape index (κ3) is 2.96. The highest BCUT2D eigenvalue weighted by molar-refractivity contribution is 7.17. The first-order chi connectivity index (χ1) is 10.2. The van der Waals surface area contributed by atoms with E-state index in [4.69, 9.17) is 0 Å². The highest BCUT2D eigenvalue weighted by Gasteiger charge is 2.13. The molecule has 21 heavy (non-hydrogen) atoms. The molecule has 2 nitrogen and oxygen atoms in total. The Balaban J connectivity index is 1.92. The second-order valence-corrected chi connectivity index (χ2v) is 6.14. The highest BCUT2D eigenvalue weighted by atomic mass is 32.1. The first kappa shape index (κ1) is 14.2. The fourth-order valence-electron chi connectivity index (χ4n) is 2.52. The minimum atomic E-state index is -0.183. The molecule has 0 amide bonds. The van der Waals surface area contributed by atoms with Gasteiger partial charge in [-0.1, -0.05) is 6.07 Å². The minimum Gasteiger partial charge on any atom is -0.313 e. The standard InChI is InChI=1S/C17H17FN2S/c1-11-3-4-14(18)7-12(11)8-16(19-2)13-9-17-15(20-10-13)5-6-21-17/h3-7,9-10,16,19H,8H2,1-2H3. The van der Waals surface area contributed by atoms with Gasteiger partial charge in [0.1, 0.15) is 5.82 Å². The molecule has 1 atom stereocenters. The smallest absolute Gasteiger partial charge is 0.123 e. The number of aromatic nitrogens is 1. The van der Waals surface area contributed by atoms with E-state index in [2.05, 4.69) is 16.4 Å². The molecule has 3 aromatic rings. The Kier molecular flexibility index (Phi) is 3.99. The highest BCUT2D eigenvalue weighted by Crippen LogP contribution is 2.25. The lowest BCUT2D eigenvalue weighted by atomic mass is 9.97. The monoisotopic (exact) mass is 300 g/mol. The molecule has 1 N–H and O–H groups in total. The molecule has 1 unspecified atom stereocenters. The Labute approximate surface area is 127 Å². The Bertz CT molecular complexity index is 766. The van der Waals surface area contributed by atoms with Crippen LogP contribution in [0.5, 0.6) is 0 Å². The predicted molar refractivity (Wildman–Crippen MR) is 86.3 cm³/mol. The summed E-state index contributed by atoms with van der Waals surface area (Å²) in [7, 11) is 1.93. The zero-order valence-electron chi connectivity index (χ0n) is 12.1. The van der Waals surface area contributed by atoms with Crippen molar-refractivity contribution in [1.82, 2.24) is 10.3 Å². The van der Waals surface area contributed by atoms with Crippen molar-refractivity contribution < 1.29 is 4.39 Å². The van der Waals surface area contributed by atoms with E-state index in [-0.39, 0.29) is 11.9 Å². The molecule has 0 bridgehead atoms. The van der Waals surface area contributed by atoms with E-state index in [1.54, 1.807) is 17.4 Å². The summed E-state index contributed by atoms with van der Waals surface area (Å²) in [5, 5.41) is 5.36. The van der Waals surface area contributed by atoms with Gasteiger partial charge in [-0.15, -0.1) is 11.3 Å². The molecule has 0 fully saturated rings. The summed E-state index contributed by atoms with van der Waals surface area (Å²) >= 11 is 1.69. The number of likely N-dealkylation sites (N-methyl/N-ethyl adjacent to an activating group) is 1. The molecule has 1 aromatic carbocycles. The molecule has 0 saturated carbocycles. The fourth-order valence-corrected chi connectivity index (χ4v) is 3.31. The largest absolute Gasteiger partial charge is 0.313 e. The van der Waals surface area contributed by atoms with Gasteiger partial charge in [0.25, 0.3) is 0 Å². The molecule has 2 heterocycles. The number of hydrogen-bond donors (Lipinski definition) is 1. The first-order valence-corrected chi connectivity index (χ1v) is 7.81. The number of aryl methyl sites for hydroxylation is 1. The molecule has 4 heteroatoms. The molecule has 0 aliphatic heterocycles. The summed E-state index contributed by atoms with van der Waals surface area (Å²) in [5.41, 5.74) is 4.30. The summed E-state index contributed by atoms with van der Waals surface area (Å²) in [6.07, 6.45) is 2.66. The number of rotatable bonds is 4. The van der Waals surface area contributed by atoms with Crippen LogP contribution in [0.15, 0.2) is 41.9 Å². The Morgan fingerprint density at radius 1 is 1.29 bits per heavy atom. The van der Waals surface area contributed by atoms with E-state index in [1.807, 2.05) is 37.7 Å². The Morgan fingerprint density at radius 2 is 2.14 bits per heavy atom. The topological polar surface area (TPSA) is 24.9 Å². The van der Waals surface area contributed by atoms with Gasteiger partial charge in [0.2, 0.25) is 0 Å². The second-order valence-electron chi connectivity index (χ2n) is 5.19. The Morgan fingerprint density at radius 3 is 2.95 bits per heavy atom. The van der Waals surface area contributed by atoms with Crippen molar-refractivity contribution in [1.29, 1.82) is 0 Å². The van der Waals surface area contributed by atoms with Gasteiger partial charge in [-0.2, -0.15) is 0 Å². The van der Waals surface area contributed by atoms with Gasteiger partial charge < -0.3 is 5.32 Å². The van der Waals surface area contributed by atoms with Crippen LogP contribution < -0.4 is 5.32 Å². The number of halogens is 1. The molecule has 3 rings (SSSR count). The summed E-state index contributed by atoms with van der Waals surface area (Å²) in [4.78, 5) is 4.49. The number of thiophene rings is 1. The molecular weight excluding hydrogens is 283 g/mol. The minimum absolute atomic E-state index is 0.129. The van der Waals surface area contributed by atoms with Crippen LogP contribution >= 0.6 is 11.3 Å². The van der Waals surface area contributed by atoms with Crippen molar-refractivity contribution in [3.8, 4) is 0 Å². The van der Waals surface area contributed by atoms with Crippen LogP contribution in [0.1, 0.15) is 22.7 Å². The zero-order chi connectivity index (χ0) is 14.8. The number of nitrogens with zero attached hydrogens (tertiary/aromatic N) is 1. The molecule has 0 saturated heterocycles. The van der Waals surface area contributed by atoms with Crippen LogP contribution in [-0.2, 0) is 6.42 Å². The maximum Gasteiger partial charge on any atom is 0.123 e. The number of nitrogens with one attached hydrogen (secondary N) is 1. The average Bonchev–Trinajstić information content (AvgIpc) is 2.95. The van der Waals surface area contributed by atoms with E-state index in [0.717, 1.165) is 28.6 Å². The molecule has 0 aliphatic rings. The second kappa shape index (κ2) is 5.92. The first-order valence-electron chi connectivity index (χ1n) is 6.93. The van der Waals surface area contributed by atoms with Crippen LogP contribution in [0.2, 0.25) is 0 Å². The van der Waals surface area contributed by atoms with Gasteiger partial charge >= 0.3 is 0 Å². The maximum atomic E-state index is 13.4. The van der Waals surface area contributed by atoms with E-state index < -0.39 is 0 Å². The van der Waals surface area contributed by atoms with Crippen LogP contribution in [0, 0.1) is 12.7 Å². The van der Waals surface area contributed by atoms with Crippen molar-refractivity contribution in [2.45, 2.75) is 19.4 Å². The van der Waals surface area contributed by atoms with Gasteiger partial charge in [-0.05, 0) is 66.7 Å². The molecule has 108 valence electrons. The molecule has 0 spiro atoms. The maximum absolute atomic E-state index is 13.4. The van der Waals surface area contributed by atoms with Crippen LogP contribution in [0.25, 0.3) is 10.2 Å². The van der Waals surface area contributed by atoms with Crippen molar-refractivity contribution >= 4 is 21.6 Å². The van der Waals surface area contributed by atoms with E-state index >= 15 is 0 Å². The number of fused-ring (bicyclic) bond motifs is 1. The van der Waals surface area contributed by atoms with Crippen molar-refractivity contribution in [2.24, 2.45) is 0 Å².